The number of anilines is 1. The van der Waals surface area contributed by atoms with Gasteiger partial charge in [-0.2, -0.15) is 0 Å². The first-order valence-corrected chi connectivity index (χ1v) is 7.24. The lowest BCUT2D eigenvalue weighted by molar-refractivity contribution is 0.306. The SMILES string of the molecule is C=C1N(C)c2cc(OCc3ccccc3)ccc2C1(C)C. The van der Waals surface area contributed by atoms with Crippen molar-refractivity contribution in [1.82, 2.24) is 0 Å². The van der Waals surface area contributed by atoms with Gasteiger partial charge < -0.3 is 9.64 Å². The van der Waals surface area contributed by atoms with Crippen LogP contribution in [0.5, 0.6) is 5.75 Å². The highest BCUT2D eigenvalue weighted by molar-refractivity contribution is 5.70. The lowest BCUT2D eigenvalue weighted by Gasteiger charge is -2.22. The third-order valence-electron chi connectivity index (χ3n) is 4.38. The van der Waals surface area contributed by atoms with Crippen LogP contribution >= 0.6 is 0 Å². The molecule has 0 aliphatic carbocycles. The molecule has 2 aromatic rings. The molecule has 0 saturated carbocycles. The van der Waals surface area contributed by atoms with E-state index in [1.165, 1.54) is 16.8 Å². The van der Waals surface area contributed by atoms with Crippen LogP contribution in [0.1, 0.15) is 25.0 Å². The van der Waals surface area contributed by atoms with Crippen LogP contribution in [-0.2, 0) is 12.0 Å². The Balaban J connectivity index is 1.83. The summed E-state index contributed by atoms with van der Waals surface area (Å²) in [5.41, 5.74) is 4.79. The van der Waals surface area contributed by atoms with E-state index in [9.17, 15) is 0 Å². The summed E-state index contributed by atoms with van der Waals surface area (Å²) >= 11 is 0. The van der Waals surface area contributed by atoms with E-state index in [-0.39, 0.29) is 5.41 Å². The summed E-state index contributed by atoms with van der Waals surface area (Å²) in [6, 6.07) is 16.5. The first-order chi connectivity index (χ1) is 10.00. The van der Waals surface area contributed by atoms with Crippen LogP contribution in [0, 0.1) is 0 Å². The van der Waals surface area contributed by atoms with Gasteiger partial charge in [0.1, 0.15) is 12.4 Å². The van der Waals surface area contributed by atoms with Gasteiger partial charge in [-0.15, -0.1) is 0 Å². The van der Waals surface area contributed by atoms with Crippen molar-refractivity contribution in [2.75, 3.05) is 11.9 Å². The molecule has 108 valence electrons. The Morgan fingerprint density at radius 1 is 1.10 bits per heavy atom. The first-order valence-electron chi connectivity index (χ1n) is 7.24. The van der Waals surface area contributed by atoms with Gasteiger partial charge in [-0.05, 0) is 17.2 Å². The van der Waals surface area contributed by atoms with Crippen LogP contribution in [0.25, 0.3) is 0 Å². The van der Waals surface area contributed by atoms with Crippen molar-refractivity contribution >= 4 is 5.69 Å². The minimum absolute atomic E-state index is 0.0119. The zero-order chi connectivity index (χ0) is 15.0. The Labute approximate surface area is 126 Å². The van der Waals surface area contributed by atoms with Crippen molar-refractivity contribution in [2.24, 2.45) is 0 Å². The van der Waals surface area contributed by atoms with Crippen molar-refractivity contribution in [2.45, 2.75) is 25.9 Å². The van der Waals surface area contributed by atoms with Crippen molar-refractivity contribution < 1.29 is 4.74 Å². The molecule has 0 aromatic heterocycles. The molecule has 0 radical (unpaired) electrons. The van der Waals surface area contributed by atoms with Crippen molar-refractivity contribution in [3.63, 3.8) is 0 Å². The lowest BCUT2D eigenvalue weighted by Crippen LogP contribution is -2.21. The number of allylic oxidation sites excluding steroid dienone is 1. The van der Waals surface area contributed by atoms with Crippen LogP contribution in [0.3, 0.4) is 0 Å². The molecule has 0 amide bonds. The van der Waals surface area contributed by atoms with Crippen molar-refractivity contribution in [3.8, 4) is 5.75 Å². The van der Waals surface area contributed by atoms with E-state index < -0.39 is 0 Å². The van der Waals surface area contributed by atoms with E-state index in [4.69, 9.17) is 4.74 Å². The van der Waals surface area contributed by atoms with Gasteiger partial charge in [-0.3, -0.25) is 0 Å². The molecular formula is C19H21NO. The van der Waals surface area contributed by atoms with Crippen LogP contribution in [0.2, 0.25) is 0 Å². The molecule has 0 saturated heterocycles. The average Bonchev–Trinajstić information content (AvgIpc) is 2.67. The maximum absolute atomic E-state index is 5.91. The van der Waals surface area contributed by atoms with Gasteiger partial charge in [0.2, 0.25) is 0 Å². The Morgan fingerprint density at radius 2 is 1.81 bits per heavy atom. The smallest absolute Gasteiger partial charge is 0.121 e. The average molecular weight is 279 g/mol. The summed E-state index contributed by atoms with van der Waals surface area (Å²) < 4.78 is 5.91. The van der Waals surface area contributed by atoms with Crippen molar-refractivity contribution in [3.05, 3.63) is 71.9 Å². The van der Waals surface area contributed by atoms with Crippen LogP contribution in [-0.4, -0.2) is 7.05 Å². The third kappa shape index (κ3) is 2.31. The monoisotopic (exact) mass is 279 g/mol. The molecule has 2 nitrogen and oxygen atoms in total. The maximum Gasteiger partial charge on any atom is 0.121 e. The molecule has 1 aliphatic heterocycles. The molecule has 1 aliphatic rings. The number of likely N-dealkylation sites (N-methyl/N-ethyl adjacent to an activating group) is 1. The van der Waals surface area contributed by atoms with E-state index in [0.29, 0.717) is 6.61 Å². The molecule has 0 spiro atoms. The van der Waals surface area contributed by atoms with E-state index in [2.05, 4.69) is 62.7 Å². The molecule has 0 N–H and O–H groups in total. The molecule has 21 heavy (non-hydrogen) atoms. The fourth-order valence-corrected chi connectivity index (χ4v) is 2.87. The van der Waals surface area contributed by atoms with E-state index in [1.807, 2.05) is 18.2 Å². The third-order valence-corrected chi connectivity index (χ3v) is 4.38. The fraction of sp³-hybridized carbons (Fsp3) is 0.263. The second-order valence-electron chi connectivity index (χ2n) is 6.08. The van der Waals surface area contributed by atoms with Gasteiger partial charge in [0.25, 0.3) is 0 Å². The molecule has 1 heterocycles. The fourth-order valence-electron chi connectivity index (χ4n) is 2.87. The zero-order valence-electron chi connectivity index (χ0n) is 12.9. The summed E-state index contributed by atoms with van der Waals surface area (Å²) in [5, 5.41) is 0. The van der Waals surface area contributed by atoms with Gasteiger partial charge in [0.15, 0.2) is 0 Å². The van der Waals surface area contributed by atoms with Gasteiger partial charge in [-0.1, -0.05) is 56.8 Å². The Kier molecular flexibility index (Phi) is 3.25. The van der Waals surface area contributed by atoms with Gasteiger partial charge in [0.05, 0.1) is 0 Å². The zero-order valence-corrected chi connectivity index (χ0v) is 12.9. The number of fused-ring (bicyclic) bond motifs is 1. The molecule has 0 unspecified atom stereocenters. The number of hydrogen-bond acceptors (Lipinski definition) is 2. The topological polar surface area (TPSA) is 12.5 Å². The van der Waals surface area contributed by atoms with Crippen LogP contribution in [0.4, 0.5) is 5.69 Å². The minimum atomic E-state index is -0.0119. The summed E-state index contributed by atoms with van der Waals surface area (Å²) in [4.78, 5) is 2.16. The molecule has 3 rings (SSSR count). The van der Waals surface area contributed by atoms with Gasteiger partial charge in [-0.25, -0.2) is 0 Å². The van der Waals surface area contributed by atoms with Gasteiger partial charge in [0, 0.05) is 29.9 Å². The molecule has 2 heteroatoms. The standard InChI is InChI=1S/C19H21NO/c1-14-19(2,3)17-11-10-16(12-18(17)20(14)4)21-13-15-8-6-5-7-9-15/h5-12H,1,13H2,2-4H3. The highest BCUT2D eigenvalue weighted by atomic mass is 16.5. The highest BCUT2D eigenvalue weighted by Crippen LogP contribution is 2.47. The number of hydrogen-bond donors (Lipinski definition) is 0. The summed E-state index contributed by atoms with van der Waals surface area (Å²) in [7, 11) is 2.07. The van der Waals surface area contributed by atoms with Gasteiger partial charge >= 0.3 is 0 Å². The largest absolute Gasteiger partial charge is 0.489 e. The van der Waals surface area contributed by atoms with Crippen molar-refractivity contribution in [1.29, 1.82) is 0 Å². The normalized spacial score (nSPS) is 16.0. The molecule has 0 bridgehead atoms. The summed E-state index contributed by atoms with van der Waals surface area (Å²) in [6.07, 6.45) is 0. The highest BCUT2D eigenvalue weighted by Gasteiger charge is 2.37. The maximum atomic E-state index is 5.91. The van der Waals surface area contributed by atoms with E-state index >= 15 is 0 Å². The Bertz CT molecular complexity index is 673. The summed E-state index contributed by atoms with van der Waals surface area (Å²) in [6.45, 7) is 9.22. The molecule has 0 atom stereocenters. The number of nitrogens with zero attached hydrogens (tertiary/aromatic N) is 1. The number of rotatable bonds is 3. The van der Waals surface area contributed by atoms with E-state index in [1.54, 1.807) is 0 Å². The number of benzene rings is 2. The summed E-state index contributed by atoms with van der Waals surface area (Å²) in [5.74, 6) is 0.898. The first kappa shape index (κ1) is 13.7. The predicted octanol–water partition coefficient (Wildman–Crippen LogP) is 4.51. The minimum Gasteiger partial charge on any atom is -0.489 e. The predicted molar refractivity (Wildman–Crippen MR) is 87.8 cm³/mol. The second-order valence-corrected chi connectivity index (χ2v) is 6.08. The Hall–Kier alpha value is -2.22. The number of ether oxygens (including phenoxy) is 1. The molecule has 0 fully saturated rings. The molecular weight excluding hydrogens is 258 g/mol. The van der Waals surface area contributed by atoms with E-state index in [0.717, 1.165) is 11.4 Å². The van der Waals surface area contributed by atoms with Crippen LogP contribution < -0.4 is 9.64 Å². The lowest BCUT2D eigenvalue weighted by atomic mass is 9.84. The Morgan fingerprint density at radius 3 is 2.52 bits per heavy atom. The molecule has 2 aromatic carbocycles. The second kappa shape index (κ2) is 4.96. The quantitative estimate of drug-likeness (QED) is 0.820. The van der Waals surface area contributed by atoms with Crippen LogP contribution in [0.15, 0.2) is 60.8 Å².